The molecule has 0 bridgehead atoms. The first kappa shape index (κ1) is 14.6. The van der Waals surface area contributed by atoms with Crippen LogP contribution in [0.25, 0.3) is 0 Å². The van der Waals surface area contributed by atoms with Crippen LogP contribution in [0.1, 0.15) is 46.8 Å². The molecule has 1 saturated heterocycles. The highest BCUT2D eigenvalue weighted by Crippen LogP contribution is 2.51. The fourth-order valence-corrected chi connectivity index (χ4v) is 5.37. The van der Waals surface area contributed by atoms with Crippen molar-refractivity contribution < 1.29 is 13.2 Å². The third-order valence-electron chi connectivity index (χ3n) is 4.08. The molecule has 1 aromatic rings. The summed E-state index contributed by atoms with van der Waals surface area (Å²) in [6, 6.07) is 0.116. The Labute approximate surface area is 127 Å². The first-order valence-electron chi connectivity index (χ1n) is 7.06. The summed E-state index contributed by atoms with van der Waals surface area (Å²) < 4.78 is 22.9. The molecule has 0 radical (unpaired) electrons. The maximum Gasteiger partial charge on any atom is 0.260 e. The maximum atomic E-state index is 11.5. The van der Waals surface area contributed by atoms with E-state index in [1.807, 2.05) is 0 Å². The van der Waals surface area contributed by atoms with Gasteiger partial charge in [-0.05, 0) is 31.6 Å². The van der Waals surface area contributed by atoms with Crippen LogP contribution >= 0.6 is 11.3 Å². The Morgan fingerprint density at radius 1 is 1.19 bits per heavy atom. The molecule has 3 rings (SSSR count). The molecule has 2 heterocycles. The van der Waals surface area contributed by atoms with Crippen molar-refractivity contribution in [2.75, 3.05) is 22.6 Å². The van der Waals surface area contributed by atoms with E-state index in [1.165, 1.54) is 11.3 Å². The summed E-state index contributed by atoms with van der Waals surface area (Å²) >= 11 is 1.30. The monoisotopic (exact) mass is 329 g/mol. The van der Waals surface area contributed by atoms with Crippen molar-refractivity contribution >= 4 is 37.8 Å². The van der Waals surface area contributed by atoms with Gasteiger partial charge in [0, 0.05) is 11.6 Å². The zero-order chi connectivity index (χ0) is 15.2. The summed E-state index contributed by atoms with van der Waals surface area (Å²) in [5.41, 5.74) is 12.9. The first-order chi connectivity index (χ1) is 9.87. The lowest BCUT2D eigenvalue weighted by molar-refractivity contribution is 0.100. The minimum Gasteiger partial charge on any atom is -0.397 e. The largest absolute Gasteiger partial charge is 0.397 e. The smallest absolute Gasteiger partial charge is 0.260 e. The molecular weight excluding hydrogens is 310 g/mol. The van der Waals surface area contributed by atoms with Crippen molar-refractivity contribution in [3.63, 3.8) is 0 Å². The third-order valence-corrected chi connectivity index (χ3v) is 6.97. The molecule has 0 unspecified atom stereocenters. The first-order valence-corrected chi connectivity index (χ1v) is 9.70. The van der Waals surface area contributed by atoms with Gasteiger partial charge in [0.25, 0.3) is 5.91 Å². The Morgan fingerprint density at radius 2 is 1.81 bits per heavy atom. The zero-order valence-electron chi connectivity index (χ0n) is 11.6. The number of sulfone groups is 1. The Morgan fingerprint density at radius 3 is 2.33 bits per heavy atom. The van der Waals surface area contributed by atoms with Crippen molar-refractivity contribution in [1.82, 2.24) is 0 Å². The number of primary amides is 1. The summed E-state index contributed by atoms with van der Waals surface area (Å²) in [6.07, 6.45) is 3.34. The molecular formula is C13H19N3O3S2. The molecule has 1 aliphatic carbocycles. The van der Waals surface area contributed by atoms with Crippen molar-refractivity contribution in [3.8, 4) is 0 Å². The van der Waals surface area contributed by atoms with E-state index in [0.29, 0.717) is 29.3 Å². The number of anilines is 2. The highest BCUT2D eigenvalue weighted by atomic mass is 32.2. The van der Waals surface area contributed by atoms with E-state index in [-0.39, 0.29) is 17.5 Å². The van der Waals surface area contributed by atoms with Gasteiger partial charge in [0.15, 0.2) is 0 Å². The van der Waals surface area contributed by atoms with E-state index in [0.717, 1.165) is 23.4 Å². The van der Waals surface area contributed by atoms with Gasteiger partial charge in [-0.2, -0.15) is 0 Å². The normalized spacial score (nSPS) is 22.1. The summed E-state index contributed by atoms with van der Waals surface area (Å²) in [7, 11) is -2.87. The van der Waals surface area contributed by atoms with E-state index in [4.69, 9.17) is 11.5 Å². The molecule has 1 aromatic heterocycles. The second-order valence-corrected chi connectivity index (χ2v) is 9.12. The molecule has 0 atom stereocenters. The number of carbonyl (C=O) groups is 1. The number of rotatable bonds is 4. The molecule has 0 spiro atoms. The number of hydrogen-bond donors (Lipinski definition) is 3. The fourth-order valence-electron chi connectivity index (χ4n) is 2.74. The van der Waals surface area contributed by atoms with Crippen LogP contribution in [0.5, 0.6) is 0 Å². The standard InChI is InChI=1S/C13H19N3O3S2/c14-10-9(7-1-2-7)13(20-11(10)12(15)17)16-8-3-5-21(18,19)6-4-8/h7-8,16H,1-6,14H2,(H2,15,17). The Hall–Kier alpha value is -1.28. The van der Waals surface area contributed by atoms with Crippen LogP contribution in [0, 0.1) is 0 Å². The number of nitrogens with two attached hydrogens (primary N) is 2. The molecule has 2 aliphatic rings. The zero-order valence-corrected chi connectivity index (χ0v) is 13.2. The van der Waals surface area contributed by atoms with Gasteiger partial charge in [0.2, 0.25) is 0 Å². The Balaban J connectivity index is 1.82. The van der Waals surface area contributed by atoms with Gasteiger partial charge in [-0.25, -0.2) is 8.42 Å². The predicted octanol–water partition coefficient (Wildman–Crippen LogP) is 1.30. The van der Waals surface area contributed by atoms with Crippen LogP contribution in [0.3, 0.4) is 0 Å². The molecule has 1 aliphatic heterocycles. The molecule has 0 aromatic carbocycles. The maximum absolute atomic E-state index is 11.5. The molecule has 6 nitrogen and oxygen atoms in total. The van der Waals surface area contributed by atoms with Gasteiger partial charge in [0.05, 0.1) is 22.2 Å². The van der Waals surface area contributed by atoms with Crippen molar-refractivity contribution in [1.29, 1.82) is 0 Å². The molecule has 5 N–H and O–H groups in total. The predicted molar refractivity (Wildman–Crippen MR) is 84.5 cm³/mol. The third kappa shape index (κ3) is 3.01. The average Bonchev–Trinajstić information content (AvgIpc) is 3.17. The fraction of sp³-hybridized carbons (Fsp3) is 0.615. The molecule has 1 saturated carbocycles. The van der Waals surface area contributed by atoms with Crippen LogP contribution < -0.4 is 16.8 Å². The van der Waals surface area contributed by atoms with E-state index in [2.05, 4.69) is 5.32 Å². The van der Waals surface area contributed by atoms with Crippen LogP contribution in [0.15, 0.2) is 0 Å². The average molecular weight is 329 g/mol. The van der Waals surface area contributed by atoms with Gasteiger partial charge in [0.1, 0.15) is 14.7 Å². The van der Waals surface area contributed by atoms with Gasteiger partial charge in [-0.15, -0.1) is 11.3 Å². The lowest BCUT2D eigenvalue weighted by Crippen LogP contribution is -2.32. The minimum absolute atomic E-state index is 0.116. The van der Waals surface area contributed by atoms with Gasteiger partial charge in [-0.1, -0.05) is 0 Å². The summed E-state index contributed by atoms with van der Waals surface area (Å²) in [4.78, 5) is 11.9. The molecule has 2 fully saturated rings. The van der Waals surface area contributed by atoms with Crippen molar-refractivity contribution in [2.24, 2.45) is 5.73 Å². The number of hydrogen-bond acceptors (Lipinski definition) is 6. The summed E-state index contributed by atoms with van der Waals surface area (Å²) in [6.45, 7) is 0. The van der Waals surface area contributed by atoms with Crippen LogP contribution in [0.2, 0.25) is 0 Å². The van der Waals surface area contributed by atoms with Gasteiger partial charge >= 0.3 is 0 Å². The molecule has 116 valence electrons. The summed E-state index contributed by atoms with van der Waals surface area (Å²) in [5, 5.41) is 4.29. The Bertz CT molecular complexity index is 663. The lowest BCUT2D eigenvalue weighted by Gasteiger charge is -2.24. The second-order valence-electron chi connectivity index (χ2n) is 5.80. The van der Waals surface area contributed by atoms with Crippen molar-refractivity contribution in [3.05, 3.63) is 10.4 Å². The molecule has 21 heavy (non-hydrogen) atoms. The lowest BCUT2D eigenvalue weighted by atomic mass is 10.1. The highest BCUT2D eigenvalue weighted by Gasteiger charge is 2.33. The molecule has 8 heteroatoms. The van der Waals surface area contributed by atoms with Crippen LogP contribution in [0.4, 0.5) is 10.7 Å². The van der Waals surface area contributed by atoms with Crippen LogP contribution in [-0.4, -0.2) is 31.9 Å². The topological polar surface area (TPSA) is 115 Å². The van der Waals surface area contributed by atoms with E-state index in [9.17, 15) is 13.2 Å². The van der Waals surface area contributed by atoms with E-state index < -0.39 is 15.7 Å². The van der Waals surface area contributed by atoms with E-state index >= 15 is 0 Å². The van der Waals surface area contributed by atoms with Crippen molar-refractivity contribution in [2.45, 2.75) is 37.6 Å². The number of carbonyl (C=O) groups excluding carboxylic acids is 1. The van der Waals surface area contributed by atoms with Gasteiger partial charge in [-0.3, -0.25) is 4.79 Å². The number of nitrogens with one attached hydrogen (secondary N) is 1. The minimum atomic E-state index is -2.87. The quantitative estimate of drug-likeness (QED) is 0.770. The Kier molecular flexibility index (Phi) is 3.61. The highest BCUT2D eigenvalue weighted by molar-refractivity contribution is 7.91. The van der Waals surface area contributed by atoms with Gasteiger partial charge < -0.3 is 16.8 Å². The SMILES string of the molecule is NC(=O)c1sc(NC2CCS(=O)(=O)CC2)c(C2CC2)c1N. The number of nitrogen functional groups attached to an aromatic ring is 1. The molecule has 1 amide bonds. The van der Waals surface area contributed by atoms with Crippen LogP contribution in [-0.2, 0) is 9.84 Å². The van der Waals surface area contributed by atoms with E-state index in [1.54, 1.807) is 0 Å². The number of amides is 1. The second kappa shape index (κ2) is 5.17. The number of thiophene rings is 1. The summed E-state index contributed by atoms with van der Waals surface area (Å²) in [5.74, 6) is 0.336.